The maximum absolute atomic E-state index is 5.29. The third-order valence-corrected chi connectivity index (χ3v) is 3.54. The fourth-order valence-electron chi connectivity index (χ4n) is 2.15. The van der Waals surface area contributed by atoms with E-state index in [2.05, 4.69) is 41.1 Å². The third kappa shape index (κ3) is 2.19. The Labute approximate surface area is 117 Å². The Morgan fingerprint density at radius 1 is 1.20 bits per heavy atom. The Bertz CT molecular complexity index is 754. The van der Waals surface area contributed by atoms with Crippen LogP contribution in [0.2, 0.25) is 0 Å². The van der Waals surface area contributed by atoms with Crippen molar-refractivity contribution in [3.63, 3.8) is 0 Å². The van der Waals surface area contributed by atoms with E-state index >= 15 is 0 Å². The minimum absolute atomic E-state index is 0.275. The van der Waals surface area contributed by atoms with Crippen molar-refractivity contribution in [3.05, 3.63) is 41.3 Å². The van der Waals surface area contributed by atoms with Crippen molar-refractivity contribution in [2.75, 3.05) is 0 Å². The first-order chi connectivity index (χ1) is 9.54. The number of benzene rings is 1. The SMILES string of the molecule is Cc1cc2ncn(Cc3nc(C(C)C)no3)c2cc1C. The highest BCUT2D eigenvalue weighted by Crippen LogP contribution is 2.19. The number of hydrogen-bond donors (Lipinski definition) is 0. The molecule has 0 aliphatic carbocycles. The minimum atomic E-state index is 0.275. The van der Waals surface area contributed by atoms with E-state index < -0.39 is 0 Å². The molecule has 0 aliphatic rings. The lowest BCUT2D eigenvalue weighted by Gasteiger charge is -2.03. The van der Waals surface area contributed by atoms with Crippen LogP contribution in [-0.4, -0.2) is 19.7 Å². The van der Waals surface area contributed by atoms with E-state index in [0.717, 1.165) is 16.9 Å². The monoisotopic (exact) mass is 270 g/mol. The second-order valence-electron chi connectivity index (χ2n) is 5.50. The van der Waals surface area contributed by atoms with Gasteiger partial charge in [0.1, 0.15) is 6.54 Å². The van der Waals surface area contributed by atoms with Crippen molar-refractivity contribution in [3.8, 4) is 0 Å². The van der Waals surface area contributed by atoms with Crippen LogP contribution in [0.15, 0.2) is 23.0 Å². The van der Waals surface area contributed by atoms with Crippen molar-refractivity contribution >= 4 is 11.0 Å². The smallest absolute Gasteiger partial charge is 0.246 e. The summed E-state index contributed by atoms with van der Waals surface area (Å²) in [4.78, 5) is 8.84. The van der Waals surface area contributed by atoms with Crippen LogP contribution < -0.4 is 0 Å². The van der Waals surface area contributed by atoms with Gasteiger partial charge in [-0.1, -0.05) is 19.0 Å². The van der Waals surface area contributed by atoms with E-state index in [1.54, 1.807) is 0 Å². The van der Waals surface area contributed by atoms with Crippen molar-refractivity contribution < 1.29 is 4.52 Å². The number of imidazole rings is 1. The second kappa shape index (κ2) is 4.74. The average molecular weight is 270 g/mol. The lowest BCUT2D eigenvalue weighted by Crippen LogP contribution is -1.99. The summed E-state index contributed by atoms with van der Waals surface area (Å²) in [6.07, 6.45) is 1.82. The molecule has 0 radical (unpaired) electrons. The molecule has 20 heavy (non-hydrogen) atoms. The molecule has 0 unspecified atom stereocenters. The van der Waals surface area contributed by atoms with Crippen molar-refractivity contribution in [2.45, 2.75) is 40.2 Å². The molecule has 3 rings (SSSR count). The minimum Gasteiger partial charge on any atom is -0.337 e. The molecule has 5 nitrogen and oxygen atoms in total. The standard InChI is InChI=1S/C15H18N4O/c1-9(2)15-17-14(20-18-15)7-19-8-16-12-5-10(3)11(4)6-13(12)19/h5-6,8-9H,7H2,1-4H3. The largest absolute Gasteiger partial charge is 0.337 e. The molecule has 0 amide bonds. The Hall–Kier alpha value is -2.17. The Kier molecular flexibility index (Phi) is 3.04. The number of rotatable bonds is 3. The van der Waals surface area contributed by atoms with Gasteiger partial charge in [-0.2, -0.15) is 4.98 Å². The van der Waals surface area contributed by atoms with Crippen molar-refractivity contribution in [2.24, 2.45) is 0 Å². The molecule has 3 aromatic rings. The Morgan fingerprint density at radius 3 is 2.65 bits per heavy atom. The predicted octanol–water partition coefficient (Wildman–Crippen LogP) is 3.21. The first kappa shape index (κ1) is 12.8. The predicted molar refractivity (Wildman–Crippen MR) is 76.7 cm³/mol. The third-order valence-electron chi connectivity index (χ3n) is 3.54. The molecule has 0 bridgehead atoms. The maximum atomic E-state index is 5.29. The van der Waals surface area contributed by atoms with Gasteiger partial charge in [-0.05, 0) is 37.1 Å². The quantitative estimate of drug-likeness (QED) is 0.733. The molecule has 104 valence electrons. The zero-order chi connectivity index (χ0) is 14.3. The highest BCUT2D eigenvalue weighted by Gasteiger charge is 2.12. The molecular weight excluding hydrogens is 252 g/mol. The van der Waals surface area contributed by atoms with E-state index in [1.807, 2.05) is 24.7 Å². The molecule has 5 heteroatoms. The Morgan fingerprint density at radius 2 is 1.95 bits per heavy atom. The van der Waals surface area contributed by atoms with Crippen LogP contribution in [0.1, 0.15) is 42.6 Å². The molecule has 0 fully saturated rings. The normalized spacial score (nSPS) is 11.7. The second-order valence-corrected chi connectivity index (χ2v) is 5.50. The van der Waals surface area contributed by atoms with Gasteiger partial charge in [0, 0.05) is 5.92 Å². The molecule has 0 saturated heterocycles. The highest BCUT2D eigenvalue weighted by atomic mass is 16.5. The van der Waals surface area contributed by atoms with E-state index in [4.69, 9.17) is 4.52 Å². The van der Waals surface area contributed by atoms with E-state index in [-0.39, 0.29) is 5.92 Å². The highest BCUT2D eigenvalue weighted by molar-refractivity contribution is 5.77. The number of fused-ring (bicyclic) bond motifs is 1. The van der Waals surface area contributed by atoms with Gasteiger partial charge in [0.2, 0.25) is 5.89 Å². The molecule has 2 aromatic heterocycles. The summed E-state index contributed by atoms with van der Waals surface area (Å²) < 4.78 is 7.33. The van der Waals surface area contributed by atoms with E-state index in [0.29, 0.717) is 12.4 Å². The number of hydrogen-bond acceptors (Lipinski definition) is 4. The maximum Gasteiger partial charge on any atom is 0.246 e. The molecule has 0 aliphatic heterocycles. The summed E-state index contributed by atoms with van der Waals surface area (Å²) in [6.45, 7) is 8.86. The first-order valence-electron chi connectivity index (χ1n) is 6.79. The van der Waals surface area contributed by atoms with Crippen LogP contribution in [-0.2, 0) is 6.54 Å². The summed E-state index contributed by atoms with van der Waals surface area (Å²) >= 11 is 0. The number of aromatic nitrogens is 4. The number of aryl methyl sites for hydroxylation is 2. The molecule has 1 aromatic carbocycles. The van der Waals surface area contributed by atoms with E-state index in [1.165, 1.54) is 11.1 Å². The van der Waals surface area contributed by atoms with Gasteiger partial charge < -0.3 is 9.09 Å². The molecule has 0 spiro atoms. The zero-order valence-electron chi connectivity index (χ0n) is 12.2. The van der Waals surface area contributed by atoms with Crippen LogP contribution in [0.25, 0.3) is 11.0 Å². The van der Waals surface area contributed by atoms with Crippen LogP contribution in [0, 0.1) is 13.8 Å². The van der Waals surface area contributed by atoms with Gasteiger partial charge in [-0.25, -0.2) is 4.98 Å². The van der Waals surface area contributed by atoms with Gasteiger partial charge in [-0.15, -0.1) is 0 Å². The van der Waals surface area contributed by atoms with Gasteiger partial charge in [0.05, 0.1) is 17.4 Å². The fourth-order valence-corrected chi connectivity index (χ4v) is 2.15. The summed E-state index contributed by atoms with van der Waals surface area (Å²) in [6, 6.07) is 4.26. The van der Waals surface area contributed by atoms with Crippen LogP contribution >= 0.6 is 0 Å². The summed E-state index contributed by atoms with van der Waals surface area (Å²) in [5, 5.41) is 3.99. The van der Waals surface area contributed by atoms with Crippen molar-refractivity contribution in [1.29, 1.82) is 0 Å². The lowest BCUT2D eigenvalue weighted by molar-refractivity contribution is 0.365. The van der Waals surface area contributed by atoms with Crippen LogP contribution in [0.3, 0.4) is 0 Å². The molecule has 0 N–H and O–H groups in total. The summed E-state index contributed by atoms with van der Waals surface area (Å²) in [5.74, 6) is 1.64. The molecule has 0 atom stereocenters. The summed E-state index contributed by atoms with van der Waals surface area (Å²) in [5.41, 5.74) is 4.60. The van der Waals surface area contributed by atoms with E-state index in [9.17, 15) is 0 Å². The topological polar surface area (TPSA) is 56.7 Å². The molecule has 2 heterocycles. The van der Waals surface area contributed by atoms with Crippen molar-refractivity contribution in [1.82, 2.24) is 19.7 Å². The summed E-state index contributed by atoms with van der Waals surface area (Å²) in [7, 11) is 0. The first-order valence-corrected chi connectivity index (χ1v) is 6.79. The zero-order valence-corrected chi connectivity index (χ0v) is 12.2. The van der Waals surface area contributed by atoms with Gasteiger partial charge in [0.15, 0.2) is 5.82 Å². The fraction of sp³-hybridized carbons (Fsp3) is 0.400. The lowest BCUT2D eigenvalue weighted by atomic mass is 10.1. The molecular formula is C15H18N4O. The van der Waals surface area contributed by atoms with Crippen LogP contribution in [0.4, 0.5) is 0 Å². The Balaban J connectivity index is 1.96. The molecule has 0 saturated carbocycles. The number of nitrogens with zero attached hydrogens (tertiary/aromatic N) is 4. The van der Waals surface area contributed by atoms with Crippen LogP contribution in [0.5, 0.6) is 0 Å². The van der Waals surface area contributed by atoms with Gasteiger partial charge in [0.25, 0.3) is 0 Å². The van der Waals surface area contributed by atoms with Gasteiger partial charge >= 0.3 is 0 Å². The van der Waals surface area contributed by atoms with Gasteiger partial charge in [-0.3, -0.25) is 0 Å². The average Bonchev–Trinajstić information content (AvgIpc) is 3.00.